The molecule has 3 aromatic rings. The van der Waals surface area contributed by atoms with Crippen LogP contribution in [0.4, 0.5) is 4.79 Å². The number of furan rings is 1. The summed E-state index contributed by atoms with van der Waals surface area (Å²) in [5, 5.41) is 6.75. The van der Waals surface area contributed by atoms with E-state index in [-0.39, 0.29) is 17.2 Å². The average Bonchev–Trinajstić information content (AvgIpc) is 3.52. The lowest BCUT2D eigenvalue weighted by molar-refractivity contribution is 0.0514. The van der Waals surface area contributed by atoms with Crippen molar-refractivity contribution in [3.05, 3.63) is 66.1 Å². The van der Waals surface area contributed by atoms with Crippen molar-refractivity contribution in [3.63, 3.8) is 0 Å². The molecule has 0 unspecified atom stereocenters. The third-order valence-electron chi connectivity index (χ3n) is 4.55. The fourth-order valence-corrected chi connectivity index (χ4v) is 2.90. The number of allylic oxidation sites excluding steroid dienone is 1. The van der Waals surface area contributed by atoms with Crippen LogP contribution in [0.3, 0.4) is 0 Å². The number of rotatable bonds is 9. The zero-order valence-corrected chi connectivity index (χ0v) is 20.7. The summed E-state index contributed by atoms with van der Waals surface area (Å²) < 4.78 is 17.4. The van der Waals surface area contributed by atoms with Gasteiger partial charge in [-0.3, -0.25) is 14.8 Å². The number of hydrogen-bond donors (Lipinski definition) is 2. The van der Waals surface area contributed by atoms with Crippen LogP contribution in [0.25, 0.3) is 17.0 Å². The minimum atomic E-state index is -0.659. The van der Waals surface area contributed by atoms with Gasteiger partial charge in [0.2, 0.25) is 0 Å². The molecule has 36 heavy (non-hydrogen) atoms. The number of carbonyl (C=O) groups is 2. The highest BCUT2D eigenvalue weighted by atomic mass is 16.6. The molecule has 11 heteroatoms. The van der Waals surface area contributed by atoms with E-state index >= 15 is 0 Å². The van der Waals surface area contributed by atoms with Crippen LogP contribution in [0, 0.1) is 0 Å². The van der Waals surface area contributed by atoms with E-state index in [2.05, 4.69) is 20.4 Å². The second-order valence-electron chi connectivity index (χ2n) is 8.55. The number of nitrogens with zero attached hydrogens (tertiary/aromatic N) is 4. The molecule has 3 aromatic heterocycles. The number of hydrogen-bond acceptors (Lipinski definition) is 9. The van der Waals surface area contributed by atoms with E-state index in [0.29, 0.717) is 36.8 Å². The molecule has 0 spiro atoms. The van der Waals surface area contributed by atoms with Gasteiger partial charge in [0, 0.05) is 25.2 Å². The molecule has 3 heterocycles. The van der Waals surface area contributed by atoms with Crippen molar-refractivity contribution >= 4 is 23.9 Å². The molecule has 0 aliphatic heterocycles. The van der Waals surface area contributed by atoms with Crippen molar-refractivity contribution in [1.82, 2.24) is 20.1 Å². The first kappa shape index (κ1) is 26.4. The highest BCUT2D eigenvalue weighted by Crippen LogP contribution is 2.22. The first-order valence-corrected chi connectivity index (χ1v) is 11.4. The van der Waals surface area contributed by atoms with Crippen LogP contribution in [0.5, 0.6) is 0 Å². The summed E-state index contributed by atoms with van der Waals surface area (Å²) in [6.07, 6.45) is 5.35. The molecule has 11 nitrogen and oxygen atoms in total. The molecular formula is C25H30N6O5. The van der Waals surface area contributed by atoms with Crippen molar-refractivity contribution in [2.24, 2.45) is 10.7 Å². The fourth-order valence-electron chi connectivity index (χ4n) is 2.90. The van der Waals surface area contributed by atoms with Gasteiger partial charge >= 0.3 is 6.09 Å². The number of carbonyl (C=O) groups excluding carboxylic acids is 2. The third kappa shape index (κ3) is 7.37. The molecule has 0 saturated carbocycles. The van der Waals surface area contributed by atoms with Gasteiger partial charge in [-0.1, -0.05) is 6.07 Å². The number of ether oxygens (including phenoxy) is 2. The molecule has 1 amide bonds. The maximum Gasteiger partial charge on any atom is 0.435 e. The standard InChI is InChI=1S/C25H30N6O5/c1-5-34-13-12-27-15-19(22(26)18-8-6-7-11-28-18)30-23(32)21-10-9-20(35-21)17-14-29-31(16-17)24(33)36-25(2,3)4/h6-11,14-16H,5,12-13,26H2,1-4H3,(H,30,32). The molecule has 3 rings (SSSR count). The summed E-state index contributed by atoms with van der Waals surface area (Å²) in [4.78, 5) is 33.7. The van der Waals surface area contributed by atoms with Gasteiger partial charge in [-0.25, -0.2) is 4.79 Å². The van der Waals surface area contributed by atoms with E-state index in [4.69, 9.17) is 19.6 Å². The van der Waals surface area contributed by atoms with Crippen molar-refractivity contribution in [2.45, 2.75) is 33.3 Å². The molecule has 0 aliphatic carbocycles. The molecule has 0 bridgehead atoms. The summed E-state index contributed by atoms with van der Waals surface area (Å²) in [5.41, 5.74) is 7.11. The number of pyridine rings is 1. The monoisotopic (exact) mass is 494 g/mol. The van der Waals surface area contributed by atoms with Crippen LogP contribution >= 0.6 is 0 Å². The lowest BCUT2D eigenvalue weighted by Gasteiger charge is -2.18. The Morgan fingerprint density at radius 3 is 2.75 bits per heavy atom. The Hall–Kier alpha value is -4.25. The maximum absolute atomic E-state index is 12.9. The predicted octanol–water partition coefficient (Wildman–Crippen LogP) is 3.49. The quantitative estimate of drug-likeness (QED) is 0.339. The largest absolute Gasteiger partial charge is 0.451 e. The summed E-state index contributed by atoms with van der Waals surface area (Å²) in [6.45, 7) is 8.61. The van der Waals surface area contributed by atoms with Crippen LogP contribution < -0.4 is 11.1 Å². The van der Waals surface area contributed by atoms with Gasteiger partial charge in [0.25, 0.3) is 5.91 Å². The smallest absolute Gasteiger partial charge is 0.435 e. The van der Waals surface area contributed by atoms with Gasteiger partial charge < -0.3 is 24.9 Å². The summed E-state index contributed by atoms with van der Waals surface area (Å²) >= 11 is 0. The summed E-state index contributed by atoms with van der Waals surface area (Å²) in [5.74, 6) is -0.154. The number of nitrogens with one attached hydrogen (secondary N) is 1. The van der Waals surface area contributed by atoms with Gasteiger partial charge in [-0.05, 0) is 52.0 Å². The first-order chi connectivity index (χ1) is 17.2. The first-order valence-electron chi connectivity index (χ1n) is 11.4. The molecule has 190 valence electrons. The molecule has 0 aromatic carbocycles. The van der Waals surface area contributed by atoms with E-state index in [1.165, 1.54) is 24.7 Å². The number of aliphatic imine (C=N–C) groups is 1. The second-order valence-corrected chi connectivity index (χ2v) is 8.55. The summed E-state index contributed by atoms with van der Waals surface area (Å²) in [7, 11) is 0. The van der Waals surface area contributed by atoms with Crippen LogP contribution in [-0.4, -0.2) is 58.3 Å². The van der Waals surface area contributed by atoms with Gasteiger partial charge in [0.05, 0.1) is 42.0 Å². The maximum atomic E-state index is 12.9. The van der Waals surface area contributed by atoms with Crippen molar-refractivity contribution in [1.29, 1.82) is 0 Å². The van der Waals surface area contributed by atoms with E-state index in [0.717, 1.165) is 4.68 Å². The van der Waals surface area contributed by atoms with Crippen molar-refractivity contribution < 1.29 is 23.5 Å². The highest BCUT2D eigenvalue weighted by Gasteiger charge is 2.20. The lowest BCUT2D eigenvalue weighted by Crippen LogP contribution is -2.27. The van der Waals surface area contributed by atoms with E-state index < -0.39 is 17.6 Å². The van der Waals surface area contributed by atoms with Crippen LogP contribution in [0.15, 0.2) is 64.0 Å². The number of amides is 1. The molecule has 3 N–H and O–H groups in total. The van der Waals surface area contributed by atoms with Crippen molar-refractivity contribution in [2.75, 3.05) is 19.8 Å². The Morgan fingerprint density at radius 1 is 1.25 bits per heavy atom. The molecular weight excluding hydrogens is 464 g/mol. The van der Waals surface area contributed by atoms with Gasteiger partial charge in [-0.2, -0.15) is 9.78 Å². The zero-order valence-electron chi connectivity index (χ0n) is 20.7. The lowest BCUT2D eigenvalue weighted by atomic mass is 10.2. The van der Waals surface area contributed by atoms with E-state index in [9.17, 15) is 9.59 Å². The average molecular weight is 495 g/mol. The van der Waals surface area contributed by atoms with Crippen molar-refractivity contribution in [3.8, 4) is 11.3 Å². The Bertz CT molecular complexity index is 1240. The minimum absolute atomic E-state index is 0.0315. The van der Waals surface area contributed by atoms with Gasteiger partial charge in [0.1, 0.15) is 11.4 Å². The highest BCUT2D eigenvalue weighted by molar-refractivity contribution is 6.00. The SMILES string of the molecule is CCOCCN=CC(NC(=O)c1ccc(-c2cnn(C(=O)OC(C)(C)C)c2)o1)=C(N)c1ccccn1. The Balaban J connectivity index is 1.77. The summed E-state index contributed by atoms with van der Waals surface area (Å²) in [6, 6.07) is 8.39. The molecule has 0 aliphatic rings. The van der Waals surface area contributed by atoms with Crippen LogP contribution in [0.2, 0.25) is 0 Å². The third-order valence-corrected chi connectivity index (χ3v) is 4.55. The Labute approximate surface area is 209 Å². The van der Waals surface area contributed by atoms with Crippen LogP contribution in [0.1, 0.15) is 43.9 Å². The molecule has 0 saturated heterocycles. The Kier molecular flexibility index (Phi) is 8.74. The van der Waals surface area contributed by atoms with Crippen LogP contribution in [-0.2, 0) is 9.47 Å². The normalized spacial score (nSPS) is 12.4. The fraction of sp³-hybridized carbons (Fsp3) is 0.320. The second kappa shape index (κ2) is 11.9. The van der Waals surface area contributed by atoms with E-state index in [1.54, 1.807) is 51.2 Å². The Morgan fingerprint density at radius 2 is 2.06 bits per heavy atom. The van der Waals surface area contributed by atoms with E-state index in [1.807, 2.05) is 6.92 Å². The molecule has 0 atom stereocenters. The van der Waals surface area contributed by atoms with Gasteiger partial charge in [0.15, 0.2) is 5.76 Å². The molecule has 0 radical (unpaired) electrons. The molecule has 0 fully saturated rings. The minimum Gasteiger partial charge on any atom is -0.451 e. The van der Waals surface area contributed by atoms with Gasteiger partial charge in [-0.15, -0.1) is 0 Å². The topological polar surface area (TPSA) is 147 Å². The number of nitrogens with two attached hydrogens (primary N) is 1. The zero-order chi connectivity index (χ0) is 26.1. The predicted molar refractivity (Wildman–Crippen MR) is 134 cm³/mol. The number of aromatic nitrogens is 3.